The number of carbonyl (C=O) groups is 1. The Bertz CT molecular complexity index is 1470. The van der Waals surface area contributed by atoms with Crippen molar-refractivity contribution < 1.29 is 9.18 Å². The smallest absolute Gasteiger partial charge is 0.261 e. The Morgan fingerprint density at radius 1 is 0.925 bits per heavy atom. The lowest BCUT2D eigenvalue weighted by Gasteiger charge is -2.16. The summed E-state index contributed by atoms with van der Waals surface area (Å²) in [6.45, 7) is 7.98. The van der Waals surface area contributed by atoms with E-state index < -0.39 is 5.82 Å². The Balaban J connectivity index is 1.16. The molecule has 3 aliphatic heterocycles. The normalized spacial score (nSPS) is 18.6. The monoisotopic (exact) mass is 544 g/mol. The van der Waals surface area contributed by atoms with Crippen molar-refractivity contribution in [3.8, 4) is 0 Å². The standard InChI is InChI=1S/C31H37FN6O2/c32-26-20-25-27(21-28(26)33-10-17-36-12-1-2-13-36)35-29-24(9-16-38(29)31(25)40)19-22-5-7-23(8-6-22)30(39)34-11-18-37-14-3-4-15-37/h5-8,19-21,33H,1-4,9-18H2,(H,34,39)/b24-19+. The minimum Gasteiger partial charge on any atom is -0.381 e. The average molecular weight is 545 g/mol. The van der Waals surface area contributed by atoms with Crippen LogP contribution >= 0.6 is 0 Å². The summed E-state index contributed by atoms with van der Waals surface area (Å²) in [6.07, 6.45) is 7.61. The maximum atomic E-state index is 14.9. The van der Waals surface area contributed by atoms with Gasteiger partial charge in [-0.2, -0.15) is 0 Å². The van der Waals surface area contributed by atoms with E-state index in [4.69, 9.17) is 4.98 Å². The second kappa shape index (κ2) is 11.9. The quantitative estimate of drug-likeness (QED) is 0.426. The van der Waals surface area contributed by atoms with Crippen molar-refractivity contribution in [3.63, 3.8) is 0 Å². The number of hydrogen-bond acceptors (Lipinski definition) is 6. The van der Waals surface area contributed by atoms with Gasteiger partial charge in [-0.1, -0.05) is 12.1 Å². The fourth-order valence-electron chi connectivity index (χ4n) is 6.03. The molecule has 3 aromatic rings. The molecular weight excluding hydrogens is 507 g/mol. The summed E-state index contributed by atoms with van der Waals surface area (Å²) in [5.74, 6) is 0.125. The zero-order valence-corrected chi connectivity index (χ0v) is 22.9. The number of anilines is 1. The summed E-state index contributed by atoms with van der Waals surface area (Å²) < 4.78 is 16.5. The summed E-state index contributed by atoms with van der Waals surface area (Å²) >= 11 is 0. The molecule has 2 fully saturated rings. The maximum absolute atomic E-state index is 14.9. The molecule has 9 heteroatoms. The lowest BCUT2D eigenvalue weighted by atomic mass is 10.1. The van der Waals surface area contributed by atoms with E-state index in [0.29, 0.717) is 54.0 Å². The van der Waals surface area contributed by atoms with Gasteiger partial charge in [-0.3, -0.25) is 14.2 Å². The lowest BCUT2D eigenvalue weighted by Crippen LogP contribution is -2.33. The fraction of sp³-hybridized carbons (Fsp3) is 0.452. The van der Waals surface area contributed by atoms with Crippen LogP contribution in [0.1, 0.15) is 53.8 Å². The number of nitrogens with one attached hydrogen (secondary N) is 2. The Hall–Kier alpha value is -3.56. The van der Waals surface area contributed by atoms with Crippen LogP contribution in [-0.4, -0.2) is 77.6 Å². The minimum atomic E-state index is -0.428. The molecule has 4 heterocycles. The predicted molar refractivity (Wildman–Crippen MR) is 157 cm³/mol. The number of hydrogen-bond donors (Lipinski definition) is 2. The van der Waals surface area contributed by atoms with Crippen LogP contribution in [0.15, 0.2) is 41.2 Å². The van der Waals surface area contributed by atoms with Gasteiger partial charge in [0.05, 0.1) is 16.6 Å². The van der Waals surface area contributed by atoms with Crippen LogP contribution in [0, 0.1) is 5.82 Å². The van der Waals surface area contributed by atoms with Crippen LogP contribution in [-0.2, 0) is 6.54 Å². The zero-order chi connectivity index (χ0) is 27.5. The first-order valence-corrected chi connectivity index (χ1v) is 14.6. The number of amides is 1. The third-order valence-corrected chi connectivity index (χ3v) is 8.30. The number of rotatable bonds is 9. The molecule has 8 nitrogen and oxygen atoms in total. The molecule has 0 unspecified atom stereocenters. The highest BCUT2D eigenvalue weighted by atomic mass is 19.1. The number of halogens is 1. The SMILES string of the molecule is O=C(NCCN1CCCC1)c1ccc(/C=C2\CCn3c2nc2cc(NCCN4CCCC4)c(F)cc2c3=O)cc1. The highest BCUT2D eigenvalue weighted by molar-refractivity contribution is 5.94. The van der Waals surface area contributed by atoms with Gasteiger partial charge in [-0.15, -0.1) is 0 Å². The van der Waals surface area contributed by atoms with Crippen molar-refractivity contribution in [3.05, 3.63) is 69.5 Å². The molecule has 0 saturated carbocycles. The summed E-state index contributed by atoms with van der Waals surface area (Å²) in [6, 6.07) is 10.5. The number of fused-ring (bicyclic) bond motifs is 2. The average Bonchev–Trinajstić information content (AvgIpc) is 3.74. The molecule has 0 spiro atoms. The van der Waals surface area contributed by atoms with Gasteiger partial charge in [0.1, 0.15) is 11.6 Å². The molecule has 210 valence electrons. The summed E-state index contributed by atoms with van der Waals surface area (Å²) in [7, 11) is 0. The Kier molecular flexibility index (Phi) is 7.93. The molecule has 3 aliphatic rings. The second-order valence-corrected chi connectivity index (χ2v) is 11.1. The van der Waals surface area contributed by atoms with Gasteiger partial charge < -0.3 is 20.4 Å². The molecule has 0 bridgehead atoms. The maximum Gasteiger partial charge on any atom is 0.261 e. The molecule has 2 saturated heterocycles. The first-order chi connectivity index (χ1) is 19.5. The van der Waals surface area contributed by atoms with Gasteiger partial charge in [-0.25, -0.2) is 9.37 Å². The van der Waals surface area contributed by atoms with E-state index in [1.165, 1.54) is 31.7 Å². The molecule has 0 aliphatic carbocycles. The van der Waals surface area contributed by atoms with E-state index >= 15 is 0 Å². The fourth-order valence-corrected chi connectivity index (χ4v) is 6.03. The molecule has 2 N–H and O–H groups in total. The first-order valence-electron chi connectivity index (χ1n) is 14.6. The molecule has 6 rings (SSSR count). The van der Waals surface area contributed by atoms with Crippen LogP contribution in [0.2, 0.25) is 0 Å². The van der Waals surface area contributed by atoms with Gasteiger partial charge in [0.25, 0.3) is 11.5 Å². The van der Waals surface area contributed by atoms with Crippen LogP contribution in [0.4, 0.5) is 10.1 Å². The van der Waals surface area contributed by atoms with Crippen LogP contribution in [0.3, 0.4) is 0 Å². The topological polar surface area (TPSA) is 82.5 Å². The third kappa shape index (κ3) is 5.81. The van der Waals surface area contributed by atoms with E-state index in [2.05, 4.69) is 20.4 Å². The van der Waals surface area contributed by atoms with Crippen LogP contribution in [0.25, 0.3) is 22.6 Å². The van der Waals surface area contributed by atoms with E-state index in [0.717, 1.165) is 50.4 Å². The summed E-state index contributed by atoms with van der Waals surface area (Å²) in [5.41, 5.74) is 3.18. The zero-order valence-electron chi connectivity index (χ0n) is 22.9. The van der Waals surface area contributed by atoms with E-state index in [9.17, 15) is 14.0 Å². The number of benzene rings is 2. The number of nitrogens with zero attached hydrogens (tertiary/aromatic N) is 4. The molecule has 1 amide bonds. The van der Waals surface area contributed by atoms with E-state index in [-0.39, 0.29) is 11.5 Å². The van der Waals surface area contributed by atoms with Crippen molar-refractivity contribution in [2.75, 3.05) is 57.7 Å². The van der Waals surface area contributed by atoms with Crippen LogP contribution < -0.4 is 16.2 Å². The van der Waals surface area contributed by atoms with Gasteiger partial charge >= 0.3 is 0 Å². The van der Waals surface area contributed by atoms with Crippen molar-refractivity contribution >= 4 is 34.1 Å². The summed E-state index contributed by atoms with van der Waals surface area (Å²) in [5, 5.41) is 6.51. The van der Waals surface area contributed by atoms with E-state index in [1.807, 2.05) is 30.3 Å². The highest BCUT2D eigenvalue weighted by Gasteiger charge is 2.22. The molecule has 0 atom stereocenters. The van der Waals surface area contributed by atoms with Gasteiger partial charge in [0.2, 0.25) is 0 Å². The van der Waals surface area contributed by atoms with Gasteiger partial charge in [-0.05, 0) is 99.8 Å². The molecule has 40 heavy (non-hydrogen) atoms. The molecular formula is C31H37FN6O2. The Morgan fingerprint density at radius 2 is 1.60 bits per heavy atom. The first kappa shape index (κ1) is 26.7. The summed E-state index contributed by atoms with van der Waals surface area (Å²) in [4.78, 5) is 35.3. The predicted octanol–water partition coefficient (Wildman–Crippen LogP) is 3.81. The van der Waals surface area contributed by atoms with Crippen molar-refractivity contribution in [2.24, 2.45) is 0 Å². The minimum absolute atomic E-state index is 0.0682. The second-order valence-electron chi connectivity index (χ2n) is 11.1. The number of allylic oxidation sites excluding steroid dienone is 1. The number of carbonyl (C=O) groups excluding carboxylic acids is 1. The van der Waals surface area contributed by atoms with Crippen molar-refractivity contribution in [1.29, 1.82) is 0 Å². The largest absolute Gasteiger partial charge is 0.381 e. The Labute approximate surface area is 233 Å². The van der Waals surface area contributed by atoms with Gasteiger partial charge in [0, 0.05) is 38.3 Å². The van der Waals surface area contributed by atoms with Crippen LogP contribution in [0.5, 0.6) is 0 Å². The Morgan fingerprint density at radius 3 is 2.30 bits per heavy atom. The van der Waals surface area contributed by atoms with Crippen molar-refractivity contribution in [2.45, 2.75) is 38.6 Å². The molecule has 2 aromatic carbocycles. The third-order valence-electron chi connectivity index (χ3n) is 8.30. The van der Waals surface area contributed by atoms with Crippen molar-refractivity contribution in [1.82, 2.24) is 24.7 Å². The molecule has 1 aromatic heterocycles. The molecule has 0 radical (unpaired) electrons. The number of likely N-dealkylation sites (tertiary alicyclic amines) is 2. The van der Waals surface area contributed by atoms with E-state index in [1.54, 1.807) is 10.6 Å². The highest BCUT2D eigenvalue weighted by Crippen LogP contribution is 2.29. The number of aromatic nitrogens is 2. The van der Waals surface area contributed by atoms with Gasteiger partial charge in [0.15, 0.2) is 0 Å². The lowest BCUT2D eigenvalue weighted by molar-refractivity contribution is 0.0949.